The van der Waals surface area contributed by atoms with E-state index in [-0.39, 0.29) is 16.0 Å². The molecule has 7 heteroatoms. The molecule has 0 spiro atoms. The standard InChI is InChI=1S/C13H20ClN3O2S/c1-10(2)17-7-4-11(5-8-17)16-20(18,19)13-9-15-6-3-12(13)14/h3,6,9-11,16H,4-5,7-8H2,1-2H3. The van der Waals surface area contributed by atoms with Crippen LogP contribution in [0.4, 0.5) is 0 Å². The van der Waals surface area contributed by atoms with Gasteiger partial charge in [0.05, 0.1) is 5.02 Å². The monoisotopic (exact) mass is 317 g/mol. The molecule has 1 aliphatic heterocycles. The lowest BCUT2D eigenvalue weighted by Gasteiger charge is -2.34. The number of nitrogens with zero attached hydrogens (tertiary/aromatic N) is 2. The van der Waals surface area contributed by atoms with Gasteiger partial charge in [0, 0.05) is 24.5 Å². The molecule has 0 amide bonds. The van der Waals surface area contributed by atoms with E-state index in [0.29, 0.717) is 6.04 Å². The number of piperidine rings is 1. The topological polar surface area (TPSA) is 62.3 Å². The van der Waals surface area contributed by atoms with Crippen molar-refractivity contribution in [3.8, 4) is 0 Å². The minimum Gasteiger partial charge on any atom is -0.301 e. The summed E-state index contributed by atoms with van der Waals surface area (Å²) in [5.41, 5.74) is 0. The summed E-state index contributed by atoms with van der Waals surface area (Å²) < 4.78 is 27.3. The minimum atomic E-state index is -3.59. The highest BCUT2D eigenvalue weighted by molar-refractivity contribution is 7.89. The van der Waals surface area contributed by atoms with Gasteiger partial charge in [-0.2, -0.15) is 0 Å². The van der Waals surface area contributed by atoms with Gasteiger partial charge in [0.2, 0.25) is 10.0 Å². The van der Waals surface area contributed by atoms with Crippen molar-refractivity contribution in [2.75, 3.05) is 13.1 Å². The highest BCUT2D eigenvalue weighted by Gasteiger charge is 2.26. The number of nitrogens with one attached hydrogen (secondary N) is 1. The molecular formula is C13H20ClN3O2S. The van der Waals surface area contributed by atoms with Crippen LogP contribution < -0.4 is 4.72 Å². The lowest BCUT2D eigenvalue weighted by molar-refractivity contribution is 0.168. The minimum absolute atomic E-state index is 0.0359. The Hall–Kier alpha value is -0.690. The number of aromatic nitrogens is 1. The maximum Gasteiger partial charge on any atom is 0.243 e. The van der Waals surface area contributed by atoms with E-state index < -0.39 is 10.0 Å². The fourth-order valence-electron chi connectivity index (χ4n) is 2.38. The zero-order valence-corrected chi connectivity index (χ0v) is 13.3. The average Bonchev–Trinajstić information content (AvgIpc) is 2.39. The van der Waals surface area contributed by atoms with Gasteiger partial charge >= 0.3 is 0 Å². The molecule has 0 aliphatic carbocycles. The summed E-state index contributed by atoms with van der Waals surface area (Å²) in [4.78, 5) is 6.23. The Morgan fingerprint density at radius 3 is 2.60 bits per heavy atom. The predicted octanol–water partition coefficient (Wildman–Crippen LogP) is 1.89. The van der Waals surface area contributed by atoms with Crippen LogP contribution in [0.15, 0.2) is 23.4 Å². The molecule has 1 N–H and O–H groups in total. The zero-order valence-electron chi connectivity index (χ0n) is 11.7. The SMILES string of the molecule is CC(C)N1CCC(NS(=O)(=O)c2cnccc2Cl)CC1. The van der Waals surface area contributed by atoms with Crippen molar-refractivity contribution in [2.45, 2.75) is 43.7 Å². The van der Waals surface area contributed by atoms with Crippen LogP contribution >= 0.6 is 11.6 Å². The Labute approximate surface area is 125 Å². The first-order chi connectivity index (χ1) is 9.40. The van der Waals surface area contributed by atoms with E-state index in [0.717, 1.165) is 25.9 Å². The molecular weight excluding hydrogens is 298 g/mol. The number of pyridine rings is 1. The quantitative estimate of drug-likeness (QED) is 0.921. The molecule has 1 aromatic rings. The lowest BCUT2D eigenvalue weighted by Crippen LogP contribution is -2.46. The molecule has 2 heterocycles. The predicted molar refractivity (Wildman–Crippen MR) is 79.3 cm³/mol. The van der Waals surface area contributed by atoms with Gasteiger partial charge in [-0.1, -0.05) is 11.6 Å². The molecule has 20 heavy (non-hydrogen) atoms. The molecule has 5 nitrogen and oxygen atoms in total. The Morgan fingerprint density at radius 1 is 1.40 bits per heavy atom. The first-order valence-corrected chi connectivity index (χ1v) is 8.62. The highest BCUT2D eigenvalue weighted by atomic mass is 35.5. The number of halogens is 1. The molecule has 0 unspecified atom stereocenters. The second-order valence-corrected chi connectivity index (χ2v) is 7.42. The van der Waals surface area contributed by atoms with Crippen LogP contribution in [0.2, 0.25) is 5.02 Å². The summed E-state index contributed by atoms with van der Waals surface area (Å²) in [7, 11) is -3.59. The van der Waals surface area contributed by atoms with Gasteiger partial charge in [-0.15, -0.1) is 0 Å². The Bertz CT molecular complexity index is 554. The highest BCUT2D eigenvalue weighted by Crippen LogP contribution is 2.21. The van der Waals surface area contributed by atoms with E-state index >= 15 is 0 Å². The van der Waals surface area contributed by atoms with Crippen molar-refractivity contribution in [1.29, 1.82) is 0 Å². The largest absolute Gasteiger partial charge is 0.301 e. The maximum atomic E-state index is 12.3. The van der Waals surface area contributed by atoms with Crippen LogP contribution in [0.5, 0.6) is 0 Å². The molecule has 0 radical (unpaired) electrons. The van der Waals surface area contributed by atoms with Crippen LogP contribution in [-0.2, 0) is 10.0 Å². The second-order valence-electron chi connectivity index (χ2n) is 5.33. The third-order valence-corrected chi connectivity index (χ3v) is 5.59. The van der Waals surface area contributed by atoms with Gasteiger partial charge in [-0.3, -0.25) is 4.98 Å². The summed E-state index contributed by atoms with van der Waals surface area (Å²) >= 11 is 5.92. The Balaban J connectivity index is 2.02. The molecule has 1 saturated heterocycles. The number of rotatable bonds is 4. The number of hydrogen-bond acceptors (Lipinski definition) is 4. The first-order valence-electron chi connectivity index (χ1n) is 6.76. The molecule has 0 aromatic carbocycles. The number of hydrogen-bond donors (Lipinski definition) is 1. The molecule has 1 aliphatic rings. The summed E-state index contributed by atoms with van der Waals surface area (Å²) in [6.07, 6.45) is 4.39. The third-order valence-electron chi connectivity index (χ3n) is 3.61. The van der Waals surface area contributed by atoms with Crippen molar-refractivity contribution in [3.63, 3.8) is 0 Å². The van der Waals surface area contributed by atoms with Crippen molar-refractivity contribution >= 4 is 21.6 Å². The van der Waals surface area contributed by atoms with Crippen molar-refractivity contribution in [2.24, 2.45) is 0 Å². The van der Waals surface area contributed by atoms with Crippen molar-refractivity contribution in [3.05, 3.63) is 23.5 Å². The van der Waals surface area contributed by atoms with Gasteiger partial charge in [0.15, 0.2) is 0 Å². The van der Waals surface area contributed by atoms with Crippen LogP contribution in [0.25, 0.3) is 0 Å². The fourth-order valence-corrected chi connectivity index (χ4v) is 4.11. The van der Waals surface area contributed by atoms with Gasteiger partial charge in [0.1, 0.15) is 4.90 Å². The molecule has 1 aromatic heterocycles. The molecule has 112 valence electrons. The number of sulfonamides is 1. The van der Waals surface area contributed by atoms with Crippen LogP contribution in [0.3, 0.4) is 0 Å². The van der Waals surface area contributed by atoms with Gasteiger partial charge in [-0.25, -0.2) is 13.1 Å². The third kappa shape index (κ3) is 3.69. The maximum absolute atomic E-state index is 12.3. The van der Waals surface area contributed by atoms with Crippen molar-refractivity contribution in [1.82, 2.24) is 14.6 Å². The van der Waals surface area contributed by atoms with Gasteiger partial charge in [0.25, 0.3) is 0 Å². The van der Waals surface area contributed by atoms with E-state index in [1.807, 2.05) is 0 Å². The van der Waals surface area contributed by atoms with E-state index in [9.17, 15) is 8.42 Å². The smallest absolute Gasteiger partial charge is 0.243 e. The van der Waals surface area contributed by atoms with E-state index in [2.05, 4.69) is 28.5 Å². The van der Waals surface area contributed by atoms with Crippen LogP contribution in [0.1, 0.15) is 26.7 Å². The normalized spacial score (nSPS) is 18.6. The Morgan fingerprint density at radius 2 is 2.05 bits per heavy atom. The Kier molecular flexibility index (Phi) is 5.01. The molecule has 1 fully saturated rings. The van der Waals surface area contributed by atoms with Crippen LogP contribution in [-0.4, -0.2) is 43.5 Å². The van der Waals surface area contributed by atoms with E-state index in [4.69, 9.17) is 11.6 Å². The van der Waals surface area contributed by atoms with Gasteiger partial charge in [-0.05, 0) is 45.8 Å². The first kappa shape index (κ1) is 15.7. The summed E-state index contributed by atoms with van der Waals surface area (Å²) in [6, 6.07) is 1.95. The summed E-state index contributed by atoms with van der Waals surface area (Å²) in [5.74, 6) is 0. The van der Waals surface area contributed by atoms with Gasteiger partial charge < -0.3 is 4.90 Å². The fraction of sp³-hybridized carbons (Fsp3) is 0.615. The zero-order chi connectivity index (χ0) is 14.8. The average molecular weight is 318 g/mol. The van der Waals surface area contributed by atoms with Crippen LogP contribution in [0, 0.1) is 0 Å². The summed E-state index contributed by atoms with van der Waals surface area (Å²) in [5, 5.41) is 0.201. The number of likely N-dealkylation sites (tertiary alicyclic amines) is 1. The molecule has 0 bridgehead atoms. The van der Waals surface area contributed by atoms with E-state index in [1.165, 1.54) is 18.5 Å². The van der Waals surface area contributed by atoms with Crippen molar-refractivity contribution < 1.29 is 8.42 Å². The van der Waals surface area contributed by atoms with E-state index in [1.54, 1.807) is 0 Å². The summed E-state index contributed by atoms with van der Waals surface area (Å²) in [6.45, 7) is 6.12. The molecule has 0 saturated carbocycles. The second kappa shape index (κ2) is 6.39. The lowest BCUT2D eigenvalue weighted by atomic mass is 10.1. The molecule has 0 atom stereocenters. The molecule has 2 rings (SSSR count).